The molecule has 0 spiro atoms. The lowest BCUT2D eigenvalue weighted by molar-refractivity contribution is 0.117. The maximum atomic E-state index is 13.4. The zero-order valence-electron chi connectivity index (χ0n) is 12.9. The van der Waals surface area contributed by atoms with Gasteiger partial charge in [-0.15, -0.1) is 3.89 Å². The number of ether oxygens (including phenoxy) is 1. The molecule has 5 nitrogen and oxygen atoms in total. The summed E-state index contributed by atoms with van der Waals surface area (Å²) in [6.45, 7) is 2.33. The van der Waals surface area contributed by atoms with Crippen molar-refractivity contribution in [3.05, 3.63) is 59.7 Å². The Bertz CT molecular complexity index is 706. The molecule has 1 aromatic heterocycles. The first kappa shape index (κ1) is 17.5. The van der Waals surface area contributed by atoms with Crippen LogP contribution in [-0.2, 0) is 28.0 Å². The molecule has 2 rings (SSSR count). The molecule has 0 aliphatic rings. The molecule has 0 fully saturated rings. The van der Waals surface area contributed by atoms with E-state index in [1.165, 1.54) is 0 Å². The Kier molecular flexibility index (Phi) is 6.18. The fraction of sp³-hybridized carbons (Fsp3) is 0.375. The van der Waals surface area contributed by atoms with Crippen LogP contribution in [0.5, 0.6) is 0 Å². The van der Waals surface area contributed by atoms with E-state index in [4.69, 9.17) is 4.74 Å². The summed E-state index contributed by atoms with van der Waals surface area (Å²) in [6.07, 6.45) is 3.16. The summed E-state index contributed by atoms with van der Waals surface area (Å²) in [5, 5.41) is -1.19. The summed E-state index contributed by atoms with van der Waals surface area (Å²) in [5.74, 6) is 0.310. The molecule has 124 valence electrons. The largest absolute Gasteiger partial charge is 0.377 e. The second-order valence-electron chi connectivity index (χ2n) is 5.31. The van der Waals surface area contributed by atoms with Crippen molar-refractivity contribution in [1.82, 2.24) is 9.97 Å². The summed E-state index contributed by atoms with van der Waals surface area (Å²) in [7, 11) is -4.68. The predicted molar refractivity (Wildman–Crippen MR) is 85.0 cm³/mol. The van der Waals surface area contributed by atoms with Gasteiger partial charge in [-0.2, -0.15) is 8.42 Å². The maximum Gasteiger partial charge on any atom is 0.305 e. The zero-order valence-corrected chi connectivity index (χ0v) is 13.7. The molecule has 0 bridgehead atoms. The van der Waals surface area contributed by atoms with E-state index in [1.807, 2.05) is 37.3 Å². The minimum Gasteiger partial charge on any atom is -0.377 e. The number of hydrogen-bond donors (Lipinski definition) is 0. The first-order chi connectivity index (χ1) is 10.9. The number of aryl methyl sites for hydroxylation is 1. The van der Waals surface area contributed by atoms with Crippen LogP contribution in [0, 0.1) is 6.92 Å². The van der Waals surface area contributed by atoms with Gasteiger partial charge in [-0.05, 0) is 24.5 Å². The molecule has 1 atom stereocenters. The second kappa shape index (κ2) is 8.12. The zero-order chi connectivity index (χ0) is 16.7. The van der Waals surface area contributed by atoms with E-state index < -0.39 is 15.5 Å². The third kappa shape index (κ3) is 6.03. The molecule has 7 heteroatoms. The van der Waals surface area contributed by atoms with Gasteiger partial charge in [0.1, 0.15) is 11.1 Å². The van der Waals surface area contributed by atoms with Crippen molar-refractivity contribution in [2.75, 3.05) is 6.61 Å². The van der Waals surface area contributed by atoms with Crippen molar-refractivity contribution < 1.29 is 17.0 Å². The predicted octanol–water partition coefficient (Wildman–Crippen LogP) is 2.60. The van der Waals surface area contributed by atoms with Crippen molar-refractivity contribution >= 4 is 10.2 Å². The molecule has 0 amide bonds. The maximum absolute atomic E-state index is 13.4. The van der Waals surface area contributed by atoms with Crippen LogP contribution in [0.2, 0.25) is 0 Å². The van der Waals surface area contributed by atoms with E-state index in [0.717, 1.165) is 11.1 Å². The van der Waals surface area contributed by atoms with Gasteiger partial charge in [0.05, 0.1) is 6.61 Å². The minimum absolute atomic E-state index is 0.0584. The highest BCUT2D eigenvalue weighted by atomic mass is 32.3. The van der Waals surface area contributed by atoms with Crippen molar-refractivity contribution in [3.8, 4) is 0 Å². The molecule has 0 radical (unpaired) electrons. The molecule has 0 N–H and O–H groups in total. The number of nitrogens with zero attached hydrogens (tertiary/aromatic N) is 2. The van der Waals surface area contributed by atoms with E-state index in [0.29, 0.717) is 12.4 Å². The van der Waals surface area contributed by atoms with Crippen LogP contribution in [0.4, 0.5) is 3.89 Å². The molecule has 1 unspecified atom stereocenters. The van der Waals surface area contributed by atoms with E-state index in [1.54, 1.807) is 12.4 Å². The molecule has 0 saturated heterocycles. The highest BCUT2D eigenvalue weighted by molar-refractivity contribution is 7.87. The van der Waals surface area contributed by atoms with E-state index >= 15 is 0 Å². The lowest BCUT2D eigenvalue weighted by atomic mass is 10.2. The lowest BCUT2D eigenvalue weighted by Crippen LogP contribution is -2.23. The van der Waals surface area contributed by atoms with Crippen LogP contribution in [0.1, 0.15) is 23.4 Å². The minimum atomic E-state index is -4.68. The van der Waals surface area contributed by atoms with Gasteiger partial charge in [0.2, 0.25) is 0 Å². The molecule has 0 saturated carbocycles. The summed E-state index contributed by atoms with van der Waals surface area (Å²) in [4.78, 5) is 8.05. The molecule has 1 aromatic carbocycles. The third-order valence-electron chi connectivity index (χ3n) is 3.34. The molecular weight excluding hydrogens is 319 g/mol. The van der Waals surface area contributed by atoms with Gasteiger partial charge in [-0.25, -0.2) is 9.97 Å². The SMILES string of the molecule is Cc1cnc(CC(CCOCc2ccccc2)S(=O)(=O)F)nc1. The Balaban J connectivity index is 1.88. The Morgan fingerprint density at radius 3 is 2.43 bits per heavy atom. The highest BCUT2D eigenvalue weighted by Gasteiger charge is 2.26. The summed E-state index contributed by atoms with van der Waals surface area (Å²) in [6, 6.07) is 9.49. The van der Waals surface area contributed by atoms with E-state index in [-0.39, 0.29) is 19.4 Å². The second-order valence-corrected chi connectivity index (χ2v) is 6.92. The number of benzene rings is 1. The van der Waals surface area contributed by atoms with E-state index in [9.17, 15) is 12.3 Å². The summed E-state index contributed by atoms with van der Waals surface area (Å²) >= 11 is 0. The molecular formula is C16H19FN2O3S. The molecule has 0 aliphatic carbocycles. The van der Waals surface area contributed by atoms with Crippen LogP contribution in [-0.4, -0.2) is 30.2 Å². The van der Waals surface area contributed by atoms with Crippen molar-refractivity contribution in [2.45, 2.75) is 31.6 Å². The van der Waals surface area contributed by atoms with Gasteiger partial charge in [0, 0.05) is 25.4 Å². The third-order valence-corrected chi connectivity index (χ3v) is 4.54. The number of aromatic nitrogens is 2. The monoisotopic (exact) mass is 338 g/mol. The van der Waals surface area contributed by atoms with Crippen molar-refractivity contribution in [3.63, 3.8) is 0 Å². The average molecular weight is 338 g/mol. The number of halogens is 1. The van der Waals surface area contributed by atoms with Crippen LogP contribution in [0.25, 0.3) is 0 Å². The summed E-state index contributed by atoms with van der Waals surface area (Å²) < 4.78 is 41.4. The van der Waals surface area contributed by atoms with Crippen molar-refractivity contribution in [1.29, 1.82) is 0 Å². The Morgan fingerprint density at radius 2 is 1.83 bits per heavy atom. The van der Waals surface area contributed by atoms with Crippen molar-refractivity contribution in [2.24, 2.45) is 0 Å². The van der Waals surface area contributed by atoms with Gasteiger partial charge in [-0.1, -0.05) is 30.3 Å². The van der Waals surface area contributed by atoms with Crippen LogP contribution in [0.15, 0.2) is 42.7 Å². The smallest absolute Gasteiger partial charge is 0.305 e. The molecule has 1 heterocycles. The van der Waals surface area contributed by atoms with Gasteiger partial charge in [-0.3, -0.25) is 0 Å². The fourth-order valence-electron chi connectivity index (χ4n) is 2.05. The Hall–Kier alpha value is -1.86. The van der Waals surface area contributed by atoms with Gasteiger partial charge < -0.3 is 4.74 Å². The molecule has 23 heavy (non-hydrogen) atoms. The van der Waals surface area contributed by atoms with Gasteiger partial charge in [0.15, 0.2) is 0 Å². The standard InChI is InChI=1S/C16H19FN2O3S/c1-13-10-18-16(19-11-13)9-15(23(17,20)21)7-8-22-12-14-5-3-2-4-6-14/h2-6,10-11,15H,7-9,12H2,1H3. The van der Waals surface area contributed by atoms with Crippen LogP contribution in [0.3, 0.4) is 0 Å². The van der Waals surface area contributed by atoms with Crippen LogP contribution >= 0.6 is 0 Å². The fourth-order valence-corrected chi connectivity index (χ4v) is 2.78. The molecule has 0 aliphatic heterocycles. The Labute approximate surface area is 135 Å². The highest BCUT2D eigenvalue weighted by Crippen LogP contribution is 2.14. The number of rotatable bonds is 8. The topological polar surface area (TPSA) is 69.2 Å². The normalized spacial score (nSPS) is 13.0. The first-order valence-electron chi connectivity index (χ1n) is 7.28. The van der Waals surface area contributed by atoms with Crippen LogP contribution < -0.4 is 0 Å². The van der Waals surface area contributed by atoms with E-state index in [2.05, 4.69) is 9.97 Å². The quantitative estimate of drug-likeness (QED) is 0.547. The Morgan fingerprint density at radius 1 is 1.17 bits per heavy atom. The number of hydrogen-bond acceptors (Lipinski definition) is 5. The van der Waals surface area contributed by atoms with Gasteiger partial charge >= 0.3 is 10.2 Å². The first-order valence-corrected chi connectivity index (χ1v) is 8.72. The average Bonchev–Trinajstić information content (AvgIpc) is 2.52. The summed E-state index contributed by atoms with van der Waals surface area (Å²) in [5.41, 5.74) is 1.84. The molecule has 2 aromatic rings. The lowest BCUT2D eigenvalue weighted by Gasteiger charge is -2.12. The van der Waals surface area contributed by atoms with Gasteiger partial charge in [0.25, 0.3) is 0 Å².